The van der Waals surface area contributed by atoms with Crippen molar-refractivity contribution in [3.8, 4) is 22.4 Å². The van der Waals surface area contributed by atoms with Crippen LogP contribution in [0.15, 0.2) is 64.0 Å². The van der Waals surface area contributed by atoms with Crippen LogP contribution < -0.4 is 5.14 Å². The van der Waals surface area contributed by atoms with Crippen LogP contribution in [0.2, 0.25) is 0 Å². The van der Waals surface area contributed by atoms with Crippen molar-refractivity contribution in [3.05, 3.63) is 60.4 Å². The maximum atomic E-state index is 11.8. The number of nitrogens with zero attached hydrogens (tertiary/aromatic N) is 1. The summed E-state index contributed by atoms with van der Waals surface area (Å²) in [5.74, 6) is 0.909. The lowest BCUT2D eigenvalue weighted by molar-refractivity contribution is 0.263. The summed E-state index contributed by atoms with van der Waals surface area (Å²) in [6, 6.07) is 16.8. The Morgan fingerprint density at radius 1 is 0.765 bits per heavy atom. The van der Waals surface area contributed by atoms with Crippen molar-refractivity contribution in [3.63, 3.8) is 0 Å². The lowest BCUT2D eigenvalue weighted by Crippen LogP contribution is -2.22. The Kier molecular flexibility index (Phi) is 7.89. The number of nitrogens with two attached hydrogens (primary N) is 1. The summed E-state index contributed by atoms with van der Waals surface area (Å²) < 4.78 is 29.8. The average Bonchev–Trinajstić information content (AvgIpc) is 3.28. The fraction of sp³-hybridized carbons (Fsp3) is 0.464. The molecule has 1 saturated carbocycles. The Balaban J connectivity index is 1.79. The fourth-order valence-corrected chi connectivity index (χ4v) is 5.71. The molecule has 182 valence electrons. The highest BCUT2D eigenvalue weighted by molar-refractivity contribution is 7.89. The Bertz CT molecular complexity index is 1160. The largest absolute Gasteiger partial charge is 0.360 e. The zero-order valence-corrected chi connectivity index (χ0v) is 20.9. The monoisotopic (exact) mass is 480 g/mol. The molecule has 2 aromatic carbocycles. The SMILES string of the molecule is CC1(c2onc(-c3ccccc3)c2-c2ccc(S(N)(=O)=O)cc2)CCCCCCCCCCC1. The number of primary sulfonamides is 1. The number of benzene rings is 2. The van der Waals surface area contributed by atoms with Gasteiger partial charge < -0.3 is 4.52 Å². The minimum Gasteiger partial charge on any atom is -0.360 e. The van der Waals surface area contributed by atoms with Crippen LogP contribution >= 0.6 is 0 Å². The standard InChI is InChI=1S/C28H36N2O3S/c1-28(20-12-7-5-3-2-4-6-8-13-21-28)27-25(22-16-18-24(19-17-22)34(29,31)32)26(30-33-27)23-14-10-9-11-15-23/h9-11,14-19H,2-8,12-13,20-21H2,1H3,(H2,29,31,32). The van der Waals surface area contributed by atoms with E-state index in [0.717, 1.165) is 41.0 Å². The molecule has 5 nitrogen and oxygen atoms in total. The van der Waals surface area contributed by atoms with Gasteiger partial charge in [-0.1, -0.05) is 112 Å². The van der Waals surface area contributed by atoms with E-state index >= 15 is 0 Å². The summed E-state index contributed by atoms with van der Waals surface area (Å²) in [7, 11) is -3.76. The minimum atomic E-state index is -3.76. The highest BCUT2D eigenvalue weighted by atomic mass is 32.2. The van der Waals surface area contributed by atoms with Gasteiger partial charge in [0.1, 0.15) is 5.69 Å². The van der Waals surface area contributed by atoms with Crippen LogP contribution in [0, 0.1) is 0 Å². The van der Waals surface area contributed by atoms with Crippen molar-refractivity contribution in [1.82, 2.24) is 5.16 Å². The van der Waals surface area contributed by atoms with Crippen LogP contribution in [0.25, 0.3) is 22.4 Å². The van der Waals surface area contributed by atoms with Crippen LogP contribution in [0.3, 0.4) is 0 Å². The molecule has 0 amide bonds. The van der Waals surface area contributed by atoms with Gasteiger partial charge in [0.25, 0.3) is 0 Å². The Labute approximate surface area is 203 Å². The zero-order chi connectivity index (χ0) is 24.0. The van der Waals surface area contributed by atoms with Crippen LogP contribution in [-0.2, 0) is 15.4 Å². The van der Waals surface area contributed by atoms with Gasteiger partial charge in [-0.2, -0.15) is 0 Å². The van der Waals surface area contributed by atoms with E-state index in [1.165, 1.54) is 57.8 Å². The van der Waals surface area contributed by atoms with E-state index in [0.29, 0.717) is 0 Å². The normalized spacial score (nSPS) is 18.1. The zero-order valence-electron chi connectivity index (χ0n) is 20.1. The number of hydrogen-bond donors (Lipinski definition) is 1. The van der Waals surface area contributed by atoms with E-state index in [2.05, 4.69) is 12.1 Å². The summed E-state index contributed by atoms with van der Waals surface area (Å²) >= 11 is 0. The first-order valence-corrected chi connectivity index (χ1v) is 14.1. The van der Waals surface area contributed by atoms with Gasteiger partial charge in [0.05, 0.1) is 10.5 Å². The van der Waals surface area contributed by atoms with Gasteiger partial charge in [-0.25, -0.2) is 13.6 Å². The van der Waals surface area contributed by atoms with E-state index in [4.69, 9.17) is 9.66 Å². The van der Waals surface area contributed by atoms with Gasteiger partial charge in [-0.05, 0) is 30.5 Å². The van der Waals surface area contributed by atoms with E-state index in [-0.39, 0.29) is 10.3 Å². The molecule has 4 rings (SSSR count). The van der Waals surface area contributed by atoms with Crippen LogP contribution in [0.5, 0.6) is 0 Å². The Morgan fingerprint density at radius 2 is 1.29 bits per heavy atom. The molecular weight excluding hydrogens is 444 g/mol. The second kappa shape index (κ2) is 10.9. The maximum absolute atomic E-state index is 11.8. The number of sulfonamides is 1. The molecule has 0 unspecified atom stereocenters. The van der Waals surface area contributed by atoms with E-state index < -0.39 is 10.0 Å². The van der Waals surface area contributed by atoms with Crippen molar-refractivity contribution < 1.29 is 12.9 Å². The lowest BCUT2D eigenvalue weighted by Gasteiger charge is -2.29. The molecule has 1 fully saturated rings. The van der Waals surface area contributed by atoms with Crippen molar-refractivity contribution in [2.75, 3.05) is 0 Å². The van der Waals surface area contributed by atoms with E-state index in [1.54, 1.807) is 12.1 Å². The number of hydrogen-bond acceptors (Lipinski definition) is 4. The molecule has 1 aliphatic rings. The molecule has 3 aromatic rings. The molecule has 1 aliphatic carbocycles. The van der Waals surface area contributed by atoms with E-state index in [9.17, 15) is 8.42 Å². The minimum absolute atomic E-state index is 0.104. The van der Waals surface area contributed by atoms with Crippen LogP contribution in [0.1, 0.15) is 83.3 Å². The topological polar surface area (TPSA) is 86.2 Å². The highest BCUT2D eigenvalue weighted by Gasteiger charge is 2.35. The fourth-order valence-electron chi connectivity index (χ4n) is 5.19. The summed E-state index contributed by atoms with van der Waals surface area (Å²) in [5, 5.41) is 9.91. The summed E-state index contributed by atoms with van der Waals surface area (Å²) in [6.07, 6.45) is 13.5. The first-order valence-electron chi connectivity index (χ1n) is 12.6. The Morgan fingerprint density at radius 3 is 1.82 bits per heavy atom. The summed E-state index contributed by atoms with van der Waals surface area (Å²) in [5.41, 5.74) is 3.51. The predicted octanol–water partition coefficient (Wildman–Crippen LogP) is 7.22. The van der Waals surface area contributed by atoms with Gasteiger partial charge in [-0.15, -0.1) is 0 Å². The van der Waals surface area contributed by atoms with Gasteiger partial charge >= 0.3 is 0 Å². The molecular formula is C28H36N2O3S. The van der Waals surface area contributed by atoms with Crippen molar-refractivity contribution >= 4 is 10.0 Å². The van der Waals surface area contributed by atoms with Crippen molar-refractivity contribution in [2.45, 2.75) is 87.9 Å². The summed E-state index contributed by atoms with van der Waals surface area (Å²) in [6.45, 7) is 2.32. The van der Waals surface area contributed by atoms with Crippen LogP contribution in [-0.4, -0.2) is 13.6 Å². The molecule has 0 aliphatic heterocycles. The number of aromatic nitrogens is 1. The third kappa shape index (κ3) is 5.78. The molecule has 0 spiro atoms. The van der Waals surface area contributed by atoms with Crippen molar-refractivity contribution in [1.29, 1.82) is 0 Å². The molecule has 1 aromatic heterocycles. The predicted molar refractivity (Wildman–Crippen MR) is 137 cm³/mol. The van der Waals surface area contributed by atoms with Gasteiger partial charge in [0.2, 0.25) is 10.0 Å². The quantitative estimate of drug-likeness (QED) is 0.427. The molecule has 0 saturated heterocycles. The lowest BCUT2D eigenvalue weighted by atomic mass is 9.74. The maximum Gasteiger partial charge on any atom is 0.238 e. The van der Waals surface area contributed by atoms with Crippen molar-refractivity contribution in [2.24, 2.45) is 5.14 Å². The smallest absolute Gasteiger partial charge is 0.238 e. The van der Waals surface area contributed by atoms with Gasteiger partial charge in [-0.3, -0.25) is 0 Å². The average molecular weight is 481 g/mol. The molecule has 34 heavy (non-hydrogen) atoms. The van der Waals surface area contributed by atoms with E-state index in [1.807, 2.05) is 42.5 Å². The third-order valence-corrected chi connectivity index (χ3v) is 8.15. The first kappa shape index (κ1) is 24.7. The molecule has 2 N–H and O–H groups in total. The molecule has 6 heteroatoms. The second-order valence-corrected chi connectivity index (χ2v) is 11.5. The summed E-state index contributed by atoms with van der Waals surface area (Å²) in [4.78, 5) is 0.104. The molecule has 1 heterocycles. The van der Waals surface area contributed by atoms with Gasteiger partial charge in [0, 0.05) is 11.0 Å². The molecule has 0 radical (unpaired) electrons. The van der Waals surface area contributed by atoms with Gasteiger partial charge in [0.15, 0.2) is 5.76 Å². The Hall–Kier alpha value is -2.44. The first-order chi connectivity index (χ1) is 16.4. The highest BCUT2D eigenvalue weighted by Crippen LogP contribution is 2.45. The third-order valence-electron chi connectivity index (χ3n) is 7.22. The number of rotatable bonds is 4. The molecule has 0 bridgehead atoms. The molecule has 0 atom stereocenters. The second-order valence-electron chi connectivity index (χ2n) is 9.91. The van der Waals surface area contributed by atoms with Crippen LogP contribution in [0.4, 0.5) is 0 Å².